The number of ether oxygens (including phenoxy) is 1. The number of alkyl halides is 3. The number of anilines is 2. The van der Waals surface area contributed by atoms with Crippen molar-refractivity contribution in [3.8, 4) is 0 Å². The maximum atomic E-state index is 13.2. The molecule has 0 unspecified atom stereocenters. The number of carbonyl (C=O) groups excluding carboxylic acids is 1. The van der Waals surface area contributed by atoms with E-state index in [0.29, 0.717) is 52.5 Å². The molecule has 150 valence electrons. The minimum atomic E-state index is -4.55. The van der Waals surface area contributed by atoms with Gasteiger partial charge in [0, 0.05) is 59.4 Å². The number of carbonyl (C=O) groups is 1. The molecule has 3 rings (SSSR count). The molecule has 0 aliphatic carbocycles. The third-order valence-electron chi connectivity index (χ3n) is 4.56. The molecule has 3 heterocycles. The van der Waals surface area contributed by atoms with Crippen molar-refractivity contribution in [3.05, 3.63) is 11.8 Å². The second kappa shape index (κ2) is 7.75. The van der Waals surface area contributed by atoms with Crippen LogP contribution >= 0.6 is 0 Å². The summed E-state index contributed by atoms with van der Waals surface area (Å²) in [6, 6.07) is 0.874. The lowest BCUT2D eigenvalue weighted by Crippen LogP contribution is -2.55. The molecule has 2 aliphatic rings. The van der Waals surface area contributed by atoms with Crippen LogP contribution < -0.4 is 9.80 Å². The van der Waals surface area contributed by atoms with E-state index >= 15 is 0 Å². The van der Waals surface area contributed by atoms with Gasteiger partial charge in [-0.25, -0.2) is 9.78 Å². The summed E-state index contributed by atoms with van der Waals surface area (Å²) in [7, 11) is 3.26. The summed E-state index contributed by atoms with van der Waals surface area (Å²) in [6.07, 6.45) is -4.55. The highest BCUT2D eigenvalue weighted by Crippen LogP contribution is 2.31. The van der Waals surface area contributed by atoms with Crippen LogP contribution in [-0.2, 0) is 10.9 Å². The lowest BCUT2D eigenvalue weighted by atomic mass is 10.3. The quantitative estimate of drug-likeness (QED) is 0.757. The molecular formula is C16H23F3N6O2. The molecule has 0 saturated carbocycles. The molecule has 27 heavy (non-hydrogen) atoms. The zero-order valence-electron chi connectivity index (χ0n) is 15.4. The van der Waals surface area contributed by atoms with E-state index in [-0.39, 0.29) is 17.8 Å². The van der Waals surface area contributed by atoms with Gasteiger partial charge in [0.1, 0.15) is 5.82 Å². The second-order valence-electron chi connectivity index (χ2n) is 6.66. The molecule has 2 aliphatic heterocycles. The van der Waals surface area contributed by atoms with E-state index in [0.717, 1.165) is 6.07 Å². The molecule has 0 N–H and O–H groups in total. The number of rotatable bonds is 2. The van der Waals surface area contributed by atoms with Gasteiger partial charge in [-0.1, -0.05) is 0 Å². The van der Waals surface area contributed by atoms with E-state index in [2.05, 4.69) is 9.97 Å². The predicted octanol–water partition coefficient (Wildman–Crippen LogP) is 1.14. The molecule has 2 amide bonds. The van der Waals surface area contributed by atoms with Crippen LogP contribution in [0, 0.1) is 0 Å². The van der Waals surface area contributed by atoms with Crippen molar-refractivity contribution >= 4 is 17.8 Å². The van der Waals surface area contributed by atoms with Gasteiger partial charge < -0.3 is 24.3 Å². The number of piperazine rings is 1. The first kappa shape index (κ1) is 19.5. The molecule has 0 radical (unpaired) electrons. The number of hydrogen-bond donors (Lipinski definition) is 0. The van der Waals surface area contributed by atoms with Gasteiger partial charge in [0.2, 0.25) is 5.95 Å². The van der Waals surface area contributed by atoms with E-state index in [1.807, 2.05) is 0 Å². The third-order valence-corrected chi connectivity index (χ3v) is 4.56. The Bertz CT molecular complexity index is 671. The molecule has 2 fully saturated rings. The molecule has 0 bridgehead atoms. The van der Waals surface area contributed by atoms with Crippen LogP contribution in [0.15, 0.2) is 6.07 Å². The molecule has 0 aromatic carbocycles. The number of morpholine rings is 1. The van der Waals surface area contributed by atoms with Crippen LogP contribution in [0.3, 0.4) is 0 Å². The molecular weight excluding hydrogens is 365 g/mol. The Balaban J connectivity index is 1.70. The summed E-state index contributed by atoms with van der Waals surface area (Å²) in [5.41, 5.74) is -0.969. The van der Waals surface area contributed by atoms with Crippen LogP contribution in [0.2, 0.25) is 0 Å². The Morgan fingerprint density at radius 1 is 1.04 bits per heavy atom. The zero-order chi connectivity index (χ0) is 19.6. The lowest BCUT2D eigenvalue weighted by molar-refractivity contribution is -0.141. The van der Waals surface area contributed by atoms with Crippen molar-refractivity contribution in [1.29, 1.82) is 0 Å². The number of aromatic nitrogens is 2. The fourth-order valence-corrected chi connectivity index (χ4v) is 2.99. The van der Waals surface area contributed by atoms with E-state index in [4.69, 9.17) is 4.74 Å². The summed E-state index contributed by atoms with van der Waals surface area (Å²) < 4.78 is 44.7. The smallest absolute Gasteiger partial charge is 0.378 e. The molecule has 0 spiro atoms. The average Bonchev–Trinajstić information content (AvgIpc) is 2.67. The van der Waals surface area contributed by atoms with Gasteiger partial charge in [-0.2, -0.15) is 18.2 Å². The second-order valence-corrected chi connectivity index (χ2v) is 6.66. The van der Waals surface area contributed by atoms with Crippen LogP contribution in [-0.4, -0.2) is 92.4 Å². The average molecular weight is 388 g/mol. The SMILES string of the molecule is CN(C)c1cc(C(F)(F)F)nc(N2CCN(C(=O)N3CCOCC3)CC2)n1. The maximum absolute atomic E-state index is 13.2. The first-order valence-electron chi connectivity index (χ1n) is 8.76. The summed E-state index contributed by atoms with van der Waals surface area (Å²) in [6.45, 7) is 3.74. The summed E-state index contributed by atoms with van der Waals surface area (Å²) in [4.78, 5) is 27.1. The molecule has 2 saturated heterocycles. The van der Waals surface area contributed by atoms with Crippen molar-refractivity contribution < 1.29 is 22.7 Å². The van der Waals surface area contributed by atoms with Gasteiger partial charge in [-0.15, -0.1) is 0 Å². The largest absolute Gasteiger partial charge is 0.433 e. The van der Waals surface area contributed by atoms with Gasteiger partial charge in [-0.3, -0.25) is 0 Å². The zero-order valence-corrected chi connectivity index (χ0v) is 15.4. The topological polar surface area (TPSA) is 65.0 Å². The number of amides is 2. The normalized spacial score (nSPS) is 18.6. The number of halogens is 3. The summed E-state index contributed by atoms with van der Waals surface area (Å²) in [5, 5.41) is 0. The monoisotopic (exact) mass is 388 g/mol. The Hall–Kier alpha value is -2.30. The van der Waals surface area contributed by atoms with Crippen molar-refractivity contribution in [1.82, 2.24) is 19.8 Å². The fourth-order valence-electron chi connectivity index (χ4n) is 2.99. The Morgan fingerprint density at radius 3 is 2.19 bits per heavy atom. The minimum absolute atomic E-state index is 0.0343. The van der Waals surface area contributed by atoms with E-state index < -0.39 is 11.9 Å². The van der Waals surface area contributed by atoms with Gasteiger partial charge in [0.05, 0.1) is 13.2 Å². The number of nitrogens with zero attached hydrogens (tertiary/aromatic N) is 6. The molecule has 8 nitrogen and oxygen atoms in total. The van der Waals surface area contributed by atoms with Gasteiger partial charge >= 0.3 is 12.2 Å². The molecule has 11 heteroatoms. The van der Waals surface area contributed by atoms with Crippen LogP contribution in [0.4, 0.5) is 29.7 Å². The van der Waals surface area contributed by atoms with Gasteiger partial charge in [0.15, 0.2) is 5.69 Å². The van der Waals surface area contributed by atoms with Crippen molar-refractivity contribution in [2.75, 3.05) is 76.4 Å². The van der Waals surface area contributed by atoms with Crippen molar-refractivity contribution in [2.45, 2.75) is 6.18 Å². The van der Waals surface area contributed by atoms with Crippen LogP contribution in [0.25, 0.3) is 0 Å². The Morgan fingerprint density at radius 2 is 1.63 bits per heavy atom. The highest BCUT2D eigenvalue weighted by molar-refractivity contribution is 5.75. The number of hydrogen-bond acceptors (Lipinski definition) is 6. The predicted molar refractivity (Wildman–Crippen MR) is 92.9 cm³/mol. The van der Waals surface area contributed by atoms with Gasteiger partial charge in [0.25, 0.3) is 0 Å². The molecule has 0 atom stereocenters. The third kappa shape index (κ3) is 4.52. The van der Waals surface area contributed by atoms with Crippen LogP contribution in [0.5, 0.6) is 0 Å². The van der Waals surface area contributed by atoms with Crippen LogP contribution in [0.1, 0.15) is 5.69 Å². The van der Waals surface area contributed by atoms with Crippen molar-refractivity contribution in [3.63, 3.8) is 0 Å². The molecule has 1 aromatic heterocycles. The highest BCUT2D eigenvalue weighted by Gasteiger charge is 2.35. The standard InChI is InChI=1S/C16H23F3N6O2/c1-22(2)13-11-12(16(17,18)19)20-14(21-13)23-3-5-24(6-4-23)15(26)25-7-9-27-10-8-25/h11H,3-10H2,1-2H3. The maximum Gasteiger partial charge on any atom is 0.433 e. The Labute approximate surface area is 155 Å². The fraction of sp³-hybridized carbons (Fsp3) is 0.688. The van der Waals surface area contributed by atoms with Gasteiger partial charge in [-0.05, 0) is 0 Å². The summed E-state index contributed by atoms with van der Waals surface area (Å²) >= 11 is 0. The Kier molecular flexibility index (Phi) is 5.59. The van der Waals surface area contributed by atoms with Crippen molar-refractivity contribution in [2.24, 2.45) is 0 Å². The highest BCUT2D eigenvalue weighted by atomic mass is 19.4. The first-order valence-corrected chi connectivity index (χ1v) is 8.76. The van der Waals surface area contributed by atoms with E-state index in [1.54, 1.807) is 28.8 Å². The lowest BCUT2D eigenvalue weighted by Gasteiger charge is -2.38. The number of urea groups is 1. The molecule has 1 aromatic rings. The minimum Gasteiger partial charge on any atom is -0.378 e. The first-order chi connectivity index (χ1) is 12.8. The van der Waals surface area contributed by atoms with E-state index in [9.17, 15) is 18.0 Å². The summed E-state index contributed by atoms with van der Waals surface area (Å²) in [5.74, 6) is 0.228. The van der Waals surface area contributed by atoms with E-state index in [1.165, 1.54) is 4.90 Å².